The van der Waals surface area contributed by atoms with Crippen LogP contribution in [0, 0.1) is 5.92 Å². The third kappa shape index (κ3) is 6.58. The molecule has 38 heavy (non-hydrogen) atoms. The third-order valence-electron chi connectivity index (χ3n) is 7.63. The summed E-state index contributed by atoms with van der Waals surface area (Å²) in [5, 5.41) is 21.8. The molecule has 1 amide bonds. The Balaban J connectivity index is 1.67. The number of nitrogen functional groups attached to an aromatic ring is 2. The van der Waals surface area contributed by atoms with Gasteiger partial charge in [0.2, 0.25) is 10.0 Å². The van der Waals surface area contributed by atoms with E-state index < -0.39 is 34.3 Å². The third-order valence-corrected chi connectivity index (χ3v) is 9.46. The maximum absolute atomic E-state index is 13.8. The molecule has 1 saturated carbocycles. The smallest absolute Gasteiger partial charge is 0.407 e. The molecule has 2 aromatic rings. The summed E-state index contributed by atoms with van der Waals surface area (Å²) in [6.45, 7) is 0.655. The Morgan fingerprint density at radius 2 is 1.76 bits per heavy atom. The van der Waals surface area contributed by atoms with E-state index in [4.69, 9.17) is 16.2 Å². The van der Waals surface area contributed by atoms with Gasteiger partial charge in [0.05, 0.1) is 41.1 Å². The molecule has 2 fully saturated rings. The Hall–Kier alpha value is -2.86. The van der Waals surface area contributed by atoms with E-state index in [2.05, 4.69) is 0 Å². The normalized spacial score (nSPS) is 20.0. The van der Waals surface area contributed by atoms with Crippen LogP contribution in [0.2, 0.25) is 0 Å². The van der Waals surface area contributed by atoms with Crippen LogP contribution in [0.5, 0.6) is 0 Å². The number of aliphatic hydroxyl groups excluding tert-OH is 1. The molecule has 1 aliphatic heterocycles. The number of anilines is 2. The van der Waals surface area contributed by atoms with Crippen LogP contribution in [0.4, 0.5) is 16.2 Å². The highest BCUT2D eigenvalue weighted by Gasteiger charge is 2.39. The summed E-state index contributed by atoms with van der Waals surface area (Å²) in [5.41, 5.74) is 13.0. The van der Waals surface area contributed by atoms with Crippen molar-refractivity contribution in [2.75, 3.05) is 37.8 Å². The molecule has 1 aliphatic carbocycles. The summed E-state index contributed by atoms with van der Waals surface area (Å²) in [4.78, 5) is 13.7. The van der Waals surface area contributed by atoms with Gasteiger partial charge in [-0.1, -0.05) is 43.2 Å². The van der Waals surface area contributed by atoms with Crippen molar-refractivity contribution in [1.82, 2.24) is 9.21 Å². The zero-order valence-corrected chi connectivity index (χ0v) is 22.3. The SMILES string of the molecule is Nc1ccc(S(=O)(=O)N(CC2CCCC2)C[C@@H](O)[C@H](Cc2ccccc2)N(C(=O)O)[C@H]2CCOC2)cc1N. The van der Waals surface area contributed by atoms with Crippen molar-refractivity contribution in [3.63, 3.8) is 0 Å². The molecule has 11 heteroatoms. The molecule has 2 aromatic carbocycles. The molecule has 2 aliphatic rings. The Morgan fingerprint density at radius 1 is 1.05 bits per heavy atom. The average Bonchev–Trinajstić information content (AvgIpc) is 3.60. The highest BCUT2D eigenvalue weighted by Crippen LogP contribution is 2.30. The van der Waals surface area contributed by atoms with Gasteiger partial charge in [-0.25, -0.2) is 13.2 Å². The quantitative estimate of drug-likeness (QED) is 0.313. The minimum absolute atomic E-state index is 0.00621. The van der Waals surface area contributed by atoms with Crippen molar-refractivity contribution in [2.45, 2.75) is 61.6 Å². The number of nitrogens with two attached hydrogens (primary N) is 2. The molecule has 208 valence electrons. The van der Waals surface area contributed by atoms with Crippen molar-refractivity contribution in [1.29, 1.82) is 0 Å². The van der Waals surface area contributed by atoms with Gasteiger partial charge < -0.3 is 26.4 Å². The number of aliphatic hydroxyl groups is 1. The summed E-state index contributed by atoms with van der Waals surface area (Å²) in [5.74, 6) is 0.162. The lowest BCUT2D eigenvalue weighted by Crippen LogP contribution is -2.56. The van der Waals surface area contributed by atoms with Gasteiger partial charge in [-0.3, -0.25) is 4.90 Å². The molecule has 1 heterocycles. The first-order valence-electron chi connectivity index (χ1n) is 13.1. The van der Waals surface area contributed by atoms with Gasteiger partial charge in [0.15, 0.2) is 0 Å². The first kappa shape index (κ1) is 28.2. The second-order valence-electron chi connectivity index (χ2n) is 10.3. The van der Waals surface area contributed by atoms with E-state index in [1.54, 1.807) is 0 Å². The molecule has 0 bridgehead atoms. The number of sulfonamides is 1. The number of hydrogen-bond donors (Lipinski definition) is 4. The van der Waals surface area contributed by atoms with E-state index in [1.165, 1.54) is 27.4 Å². The minimum Gasteiger partial charge on any atom is -0.465 e. The van der Waals surface area contributed by atoms with Gasteiger partial charge in [0, 0.05) is 19.7 Å². The fraction of sp³-hybridized carbons (Fsp3) is 0.519. The molecule has 4 rings (SSSR count). The number of nitrogens with zero attached hydrogens (tertiary/aromatic N) is 2. The highest BCUT2D eigenvalue weighted by molar-refractivity contribution is 7.89. The van der Waals surface area contributed by atoms with Crippen molar-refractivity contribution in [3.8, 4) is 0 Å². The van der Waals surface area contributed by atoms with Crippen molar-refractivity contribution in [3.05, 3.63) is 54.1 Å². The van der Waals surface area contributed by atoms with Crippen LogP contribution in [-0.4, -0.2) is 78.4 Å². The number of hydrogen-bond acceptors (Lipinski definition) is 7. The Bertz CT molecular complexity index is 1180. The zero-order valence-electron chi connectivity index (χ0n) is 21.5. The number of carbonyl (C=O) groups is 1. The van der Waals surface area contributed by atoms with E-state index in [0.717, 1.165) is 31.2 Å². The van der Waals surface area contributed by atoms with Gasteiger partial charge in [0.1, 0.15) is 0 Å². The van der Waals surface area contributed by atoms with Crippen LogP contribution < -0.4 is 11.5 Å². The molecule has 0 radical (unpaired) electrons. The van der Waals surface area contributed by atoms with Crippen LogP contribution in [0.15, 0.2) is 53.4 Å². The zero-order chi connectivity index (χ0) is 27.3. The molecule has 0 unspecified atom stereocenters. The second kappa shape index (κ2) is 12.3. The Kier molecular flexibility index (Phi) is 9.14. The average molecular weight is 547 g/mol. The predicted molar refractivity (Wildman–Crippen MR) is 145 cm³/mol. The standard InChI is InChI=1S/C27H38N4O6S/c28-23-11-10-22(15-24(23)29)38(35,36)30(16-20-8-4-5-9-20)17-26(32)25(14-19-6-2-1-3-7-19)31(27(33)34)21-12-13-37-18-21/h1-3,6-7,10-11,15,20-21,25-26,32H,4-5,8-9,12-14,16-18,28-29H2,(H,33,34)/t21-,25-,26+/m0/s1. The number of ether oxygens (including phenoxy) is 1. The Morgan fingerprint density at radius 3 is 2.37 bits per heavy atom. The van der Waals surface area contributed by atoms with Crippen molar-refractivity contribution in [2.24, 2.45) is 5.92 Å². The topological polar surface area (TPSA) is 159 Å². The first-order chi connectivity index (χ1) is 18.2. The van der Waals surface area contributed by atoms with E-state index in [0.29, 0.717) is 13.0 Å². The lowest BCUT2D eigenvalue weighted by molar-refractivity contribution is 0.0160. The van der Waals surface area contributed by atoms with Crippen LogP contribution in [0.25, 0.3) is 0 Å². The van der Waals surface area contributed by atoms with Gasteiger partial charge >= 0.3 is 6.09 Å². The first-order valence-corrected chi connectivity index (χ1v) is 14.6. The monoisotopic (exact) mass is 546 g/mol. The largest absolute Gasteiger partial charge is 0.465 e. The summed E-state index contributed by atoms with van der Waals surface area (Å²) >= 11 is 0. The molecular formula is C27H38N4O6S. The predicted octanol–water partition coefficient (Wildman–Crippen LogP) is 2.77. The van der Waals surface area contributed by atoms with Crippen LogP contribution in [-0.2, 0) is 21.2 Å². The van der Waals surface area contributed by atoms with E-state index >= 15 is 0 Å². The fourth-order valence-corrected chi connectivity index (χ4v) is 7.10. The van der Waals surface area contributed by atoms with Gasteiger partial charge in [-0.15, -0.1) is 0 Å². The minimum atomic E-state index is -4.05. The van der Waals surface area contributed by atoms with Gasteiger partial charge in [-0.05, 0) is 55.4 Å². The van der Waals surface area contributed by atoms with E-state index in [-0.39, 0.29) is 48.3 Å². The van der Waals surface area contributed by atoms with Crippen LogP contribution in [0.3, 0.4) is 0 Å². The maximum Gasteiger partial charge on any atom is 0.407 e. The van der Waals surface area contributed by atoms with E-state index in [9.17, 15) is 23.4 Å². The van der Waals surface area contributed by atoms with E-state index in [1.807, 2.05) is 30.3 Å². The second-order valence-corrected chi connectivity index (χ2v) is 12.2. The molecule has 0 spiro atoms. The van der Waals surface area contributed by atoms with Crippen LogP contribution in [0.1, 0.15) is 37.7 Å². The van der Waals surface area contributed by atoms with Crippen molar-refractivity contribution >= 4 is 27.5 Å². The van der Waals surface area contributed by atoms with Gasteiger partial charge in [0.25, 0.3) is 0 Å². The van der Waals surface area contributed by atoms with Gasteiger partial charge in [-0.2, -0.15) is 4.31 Å². The Labute approximate surface area is 224 Å². The number of benzene rings is 2. The highest BCUT2D eigenvalue weighted by atomic mass is 32.2. The maximum atomic E-state index is 13.8. The number of amides is 1. The molecule has 10 nitrogen and oxygen atoms in total. The molecule has 6 N–H and O–H groups in total. The lowest BCUT2D eigenvalue weighted by atomic mass is 9.97. The summed E-state index contributed by atoms with van der Waals surface area (Å²) in [6, 6.07) is 12.2. The van der Waals surface area contributed by atoms with Crippen LogP contribution >= 0.6 is 0 Å². The molecule has 1 saturated heterocycles. The summed E-state index contributed by atoms with van der Waals surface area (Å²) < 4.78 is 34.4. The fourth-order valence-electron chi connectivity index (χ4n) is 5.53. The summed E-state index contributed by atoms with van der Waals surface area (Å²) in [7, 11) is -4.05. The number of rotatable bonds is 11. The summed E-state index contributed by atoms with van der Waals surface area (Å²) in [6.07, 6.45) is 2.16. The molecule has 3 atom stereocenters. The van der Waals surface area contributed by atoms with Crippen molar-refractivity contribution < 1.29 is 28.2 Å². The molecular weight excluding hydrogens is 508 g/mol. The molecule has 0 aromatic heterocycles. The lowest BCUT2D eigenvalue weighted by Gasteiger charge is -2.38. The number of carboxylic acid groups (broad SMARTS) is 1.